The molecule has 1 unspecified atom stereocenters. The molecule has 1 aliphatic rings. The number of methoxy groups -OCH3 is 1. The van der Waals surface area contributed by atoms with E-state index in [1.54, 1.807) is 0 Å². The van der Waals surface area contributed by atoms with Gasteiger partial charge in [0.25, 0.3) is 0 Å². The van der Waals surface area contributed by atoms with Gasteiger partial charge in [-0.25, -0.2) is 8.78 Å². The van der Waals surface area contributed by atoms with Crippen molar-refractivity contribution in [3.8, 4) is 5.75 Å². The van der Waals surface area contributed by atoms with Gasteiger partial charge < -0.3 is 14.8 Å². The van der Waals surface area contributed by atoms with Crippen LogP contribution in [0.2, 0.25) is 0 Å². The second-order valence-electron chi connectivity index (χ2n) is 3.67. The molecule has 1 aromatic rings. The maximum Gasteiger partial charge on any atom is 0.182 e. The molecule has 1 aromatic carbocycles. The Morgan fingerprint density at radius 2 is 2.29 bits per heavy atom. The van der Waals surface area contributed by atoms with Gasteiger partial charge in [-0.3, -0.25) is 0 Å². The highest BCUT2D eigenvalue weighted by Gasteiger charge is 2.25. The van der Waals surface area contributed by atoms with Gasteiger partial charge in [0.05, 0.1) is 24.3 Å². The Hall–Kier alpha value is -0.720. The second kappa shape index (κ2) is 5.29. The molecule has 0 aromatic heterocycles. The molecule has 0 aliphatic carbocycles. The fourth-order valence-electron chi connectivity index (χ4n) is 1.81. The van der Waals surface area contributed by atoms with Gasteiger partial charge >= 0.3 is 0 Å². The molecule has 3 nitrogen and oxygen atoms in total. The molecule has 0 radical (unpaired) electrons. The summed E-state index contributed by atoms with van der Waals surface area (Å²) in [6, 6.07) is 1.24. The summed E-state index contributed by atoms with van der Waals surface area (Å²) in [5.74, 6) is -1.38. The van der Waals surface area contributed by atoms with Crippen molar-refractivity contribution in [2.45, 2.75) is 6.10 Å². The summed E-state index contributed by atoms with van der Waals surface area (Å²) in [4.78, 5) is 0. The lowest BCUT2D eigenvalue weighted by Crippen LogP contribution is -2.33. The third-order valence-electron chi connectivity index (χ3n) is 2.62. The molecule has 1 heterocycles. The Morgan fingerprint density at radius 3 is 2.88 bits per heavy atom. The zero-order valence-electron chi connectivity index (χ0n) is 9.23. The van der Waals surface area contributed by atoms with Crippen LogP contribution in [0.5, 0.6) is 5.75 Å². The van der Waals surface area contributed by atoms with E-state index < -0.39 is 17.7 Å². The number of nitrogens with one attached hydrogen (secondary N) is 1. The van der Waals surface area contributed by atoms with Gasteiger partial charge in [-0.15, -0.1) is 0 Å². The van der Waals surface area contributed by atoms with E-state index in [1.807, 2.05) is 0 Å². The number of hydrogen-bond acceptors (Lipinski definition) is 3. The lowest BCUT2D eigenvalue weighted by molar-refractivity contribution is 0.0257. The van der Waals surface area contributed by atoms with Crippen LogP contribution in [0.4, 0.5) is 8.78 Å². The van der Waals surface area contributed by atoms with Crippen molar-refractivity contribution in [2.24, 2.45) is 0 Å². The molecule has 1 atom stereocenters. The standard InChI is InChI=1S/C11H12BrF2NO2/c1-16-11-6(8-5-15-2-3-17-8)4-7(13)9(12)10(11)14/h4,8,15H,2-3,5H2,1H3. The van der Waals surface area contributed by atoms with E-state index in [1.165, 1.54) is 13.2 Å². The number of morpholine rings is 1. The minimum absolute atomic E-state index is 0.0203. The molecule has 0 bridgehead atoms. The topological polar surface area (TPSA) is 30.5 Å². The average molecular weight is 308 g/mol. The van der Waals surface area contributed by atoms with Crippen molar-refractivity contribution >= 4 is 15.9 Å². The SMILES string of the molecule is COc1c(C2CNCCO2)cc(F)c(Br)c1F. The average Bonchev–Trinajstić information content (AvgIpc) is 2.36. The number of rotatable bonds is 2. The minimum Gasteiger partial charge on any atom is -0.493 e. The van der Waals surface area contributed by atoms with Crippen LogP contribution < -0.4 is 10.1 Å². The summed E-state index contributed by atoms with van der Waals surface area (Å²) >= 11 is 2.84. The molecule has 0 saturated carbocycles. The van der Waals surface area contributed by atoms with Gasteiger partial charge in [0, 0.05) is 18.7 Å². The van der Waals surface area contributed by atoms with Gasteiger partial charge in [-0.05, 0) is 22.0 Å². The summed E-state index contributed by atoms with van der Waals surface area (Å²) in [5.41, 5.74) is 0.387. The quantitative estimate of drug-likeness (QED) is 0.851. The summed E-state index contributed by atoms with van der Waals surface area (Å²) in [6.45, 7) is 1.75. The predicted molar refractivity (Wildman–Crippen MR) is 62.2 cm³/mol. The molecule has 17 heavy (non-hydrogen) atoms. The lowest BCUT2D eigenvalue weighted by Gasteiger charge is -2.25. The van der Waals surface area contributed by atoms with Gasteiger partial charge in [-0.1, -0.05) is 0 Å². The molecule has 2 rings (SSSR count). The lowest BCUT2D eigenvalue weighted by atomic mass is 10.1. The fourth-order valence-corrected chi connectivity index (χ4v) is 2.10. The van der Waals surface area contributed by atoms with Crippen molar-refractivity contribution < 1.29 is 18.3 Å². The summed E-state index contributed by atoms with van der Waals surface area (Å²) in [7, 11) is 1.35. The summed E-state index contributed by atoms with van der Waals surface area (Å²) in [6.07, 6.45) is -0.393. The van der Waals surface area contributed by atoms with Gasteiger partial charge in [-0.2, -0.15) is 0 Å². The number of benzene rings is 1. The van der Waals surface area contributed by atoms with E-state index >= 15 is 0 Å². The normalized spacial score (nSPS) is 20.4. The van der Waals surface area contributed by atoms with E-state index in [-0.39, 0.29) is 10.2 Å². The van der Waals surface area contributed by atoms with Gasteiger partial charge in [0.15, 0.2) is 11.6 Å². The van der Waals surface area contributed by atoms with E-state index in [2.05, 4.69) is 21.2 Å². The summed E-state index contributed by atoms with van der Waals surface area (Å²) in [5, 5.41) is 3.10. The van der Waals surface area contributed by atoms with Crippen molar-refractivity contribution in [2.75, 3.05) is 26.8 Å². The van der Waals surface area contributed by atoms with E-state index in [0.29, 0.717) is 18.7 Å². The Labute approximate surface area is 106 Å². The monoisotopic (exact) mass is 307 g/mol. The largest absolute Gasteiger partial charge is 0.493 e. The van der Waals surface area contributed by atoms with Crippen molar-refractivity contribution in [1.29, 1.82) is 0 Å². The van der Waals surface area contributed by atoms with Crippen LogP contribution in [0.1, 0.15) is 11.7 Å². The molecular formula is C11H12BrF2NO2. The predicted octanol–water partition coefficient (Wildman–Crippen LogP) is 2.40. The van der Waals surface area contributed by atoms with Gasteiger partial charge in [0.1, 0.15) is 5.82 Å². The number of halogens is 3. The number of ether oxygens (including phenoxy) is 2. The van der Waals surface area contributed by atoms with Crippen molar-refractivity contribution in [3.05, 3.63) is 27.7 Å². The third-order valence-corrected chi connectivity index (χ3v) is 3.35. The Balaban J connectivity index is 2.44. The molecule has 0 amide bonds. The highest BCUT2D eigenvalue weighted by molar-refractivity contribution is 9.10. The van der Waals surface area contributed by atoms with Crippen molar-refractivity contribution in [3.63, 3.8) is 0 Å². The van der Waals surface area contributed by atoms with E-state index in [9.17, 15) is 8.78 Å². The minimum atomic E-state index is -0.739. The van der Waals surface area contributed by atoms with Crippen LogP contribution in [0.15, 0.2) is 10.5 Å². The van der Waals surface area contributed by atoms with Crippen LogP contribution >= 0.6 is 15.9 Å². The van der Waals surface area contributed by atoms with Crippen LogP contribution in [0.25, 0.3) is 0 Å². The zero-order chi connectivity index (χ0) is 12.4. The molecule has 1 aliphatic heterocycles. The van der Waals surface area contributed by atoms with E-state index in [0.717, 1.165) is 6.54 Å². The highest BCUT2D eigenvalue weighted by Crippen LogP contribution is 2.36. The maximum atomic E-state index is 13.8. The molecular weight excluding hydrogens is 296 g/mol. The molecule has 6 heteroatoms. The molecule has 1 saturated heterocycles. The highest BCUT2D eigenvalue weighted by atomic mass is 79.9. The molecule has 1 fully saturated rings. The second-order valence-corrected chi connectivity index (χ2v) is 4.47. The zero-order valence-corrected chi connectivity index (χ0v) is 10.8. The Bertz CT molecular complexity index is 422. The summed E-state index contributed by atoms with van der Waals surface area (Å²) < 4.78 is 37.5. The van der Waals surface area contributed by atoms with Crippen LogP contribution in [-0.4, -0.2) is 26.8 Å². The van der Waals surface area contributed by atoms with Crippen molar-refractivity contribution in [1.82, 2.24) is 5.32 Å². The first-order valence-corrected chi connectivity index (χ1v) is 5.98. The Morgan fingerprint density at radius 1 is 1.53 bits per heavy atom. The first-order chi connectivity index (χ1) is 8.15. The fraction of sp³-hybridized carbons (Fsp3) is 0.455. The smallest absolute Gasteiger partial charge is 0.182 e. The first-order valence-electron chi connectivity index (χ1n) is 5.19. The number of hydrogen-bond donors (Lipinski definition) is 1. The Kier molecular flexibility index (Phi) is 3.96. The first kappa shape index (κ1) is 12.7. The van der Waals surface area contributed by atoms with Crippen LogP contribution in [0, 0.1) is 11.6 Å². The van der Waals surface area contributed by atoms with E-state index in [4.69, 9.17) is 9.47 Å². The van der Waals surface area contributed by atoms with Crippen LogP contribution in [0.3, 0.4) is 0 Å². The molecule has 1 N–H and O–H groups in total. The third kappa shape index (κ3) is 2.43. The molecule has 0 spiro atoms. The molecule has 94 valence electrons. The van der Waals surface area contributed by atoms with Crippen LogP contribution in [-0.2, 0) is 4.74 Å². The maximum absolute atomic E-state index is 13.8. The van der Waals surface area contributed by atoms with Gasteiger partial charge in [0.2, 0.25) is 0 Å².